The van der Waals surface area contributed by atoms with E-state index in [4.69, 9.17) is 4.74 Å². The molecule has 1 atom stereocenters. The van der Waals surface area contributed by atoms with E-state index in [0.29, 0.717) is 36.1 Å². The predicted octanol–water partition coefficient (Wildman–Crippen LogP) is 3.95. The summed E-state index contributed by atoms with van der Waals surface area (Å²) in [6, 6.07) is 5.11. The molecule has 1 saturated carbocycles. The van der Waals surface area contributed by atoms with Gasteiger partial charge in [-0.2, -0.15) is 15.0 Å². The molecule has 2 aliphatic rings. The van der Waals surface area contributed by atoms with Gasteiger partial charge in [-0.15, -0.1) is 0 Å². The molecule has 9 nitrogen and oxygen atoms in total. The summed E-state index contributed by atoms with van der Waals surface area (Å²) in [7, 11) is 3.45. The zero-order valence-electron chi connectivity index (χ0n) is 20.2. The van der Waals surface area contributed by atoms with Gasteiger partial charge in [0.05, 0.1) is 7.11 Å². The van der Waals surface area contributed by atoms with E-state index in [0.717, 1.165) is 32.2 Å². The van der Waals surface area contributed by atoms with Crippen LogP contribution in [-0.4, -0.2) is 65.1 Å². The zero-order chi connectivity index (χ0) is 24.1. The molecule has 1 aromatic heterocycles. The van der Waals surface area contributed by atoms with Crippen molar-refractivity contribution in [2.45, 2.75) is 64.0 Å². The van der Waals surface area contributed by atoms with Crippen LogP contribution in [0.4, 0.5) is 27.9 Å². The molecule has 184 valence electrons. The molecule has 1 unspecified atom stereocenters. The maximum atomic E-state index is 14.2. The van der Waals surface area contributed by atoms with Crippen LogP contribution in [0.25, 0.3) is 0 Å². The molecule has 1 aromatic carbocycles. The highest BCUT2D eigenvalue weighted by molar-refractivity contribution is 5.74. The fourth-order valence-corrected chi connectivity index (χ4v) is 4.83. The molecule has 4 rings (SSSR count). The topological polar surface area (TPSA) is 95.5 Å². The van der Waals surface area contributed by atoms with E-state index < -0.39 is 5.82 Å². The van der Waals surface area contributed by atoms with Crippen LogP contribution >= 0.6 is 0 Å². The smallest absolute Gasteiger partial charge is 0.233 e. The summed E-state index contributed by atoms with van der Waals surface area (Å²) < 4.78 is 19.2. The Hall–Kier alpha value is -3.17. The van der Waals surface area contributed by atoms with Gasteiger partial charge < -0.3 is 25.2 Å². The number of carbonyl (C=O) groups is 1. The number of ether oxygens (including phenoxy) is 1. The molecule has 2 aromatic rings. The number of benzene rings is 1. The van der Waals surface area contributed by atoms with Crippen LogP contribution < -0.4 is 20.3 Å². The molecule has 0 radical (unpaired) electrons. The molecule has 0 bridgehead atoms. The Morgan fingerprint density at radius 1 is 1.15 bits per heavy atom. The maximum Gasteiger partial charge on any atom is 0.233 e. The van der Waals surface area contributed by atoms with Gasteiger partial charge >= 0.3 is 0 Å². The SMILES string of the molecule is COc1ccc(Nc2nc(NCC3CCCN3C(C)=O)nc(N(C)C3CCCCC3)n2)cc1F. The standard InChI is InChI=1S/C24H34FN7O2/c1-16(33)32-13-7-10-19(32)15-26-22-28-23(27-17-11-12-21(34-3)20(25)14-17)30-24(29-22)31(2)18-8-5-4-6-9-18/h11-12,14,18-19H,4-10,13,15H2,1-3H3,(H2,26,27,28,29,30). The largest absolute Gasteiger partial charge is 0.494 e. The molecule has 10 heteroatoms. The van der Waals surface area contributed by atoms with Crippen LogP contribution in [0.1, 0.15) is 51.9 Å². The predicted molar refractivity (Wildman–Crippen MR) is 130 cm³/mol. The number of nitrogens with one attached hydrogen (secondary N) is 2. The third-order valence-corrected chi connectivity index (χ3v) is 6.75. The number of carbonyl (C=O) groups excluding carboxylic acids is 1. The van der Waals surface area contributed by atoms with Gasteiger partial charge in [0, 0.05) is 50.9 Å². The van der Waals surface area contributed by atoms with Crippen LogP contribution in [0, 0.1) is 5.82 Å². The van der Waals surface area contributed by atoms with Crippen LogP contribution in [0.3, 0.4) is 0 Å². The van der Waals surface area contributed by atoms with E-state index >= 15 is 0 Å². The van der Waals surface area contributed by atoms with Crippen molar-refractivity contribution in [3.05, 3.63) is 24.0 Å². The molecule has 2 N–H and O–H groups in total. The normalized spacial score (nSPS) is 18.6. The molecule has 2 heterocycles. The van der Waals surface area contributed by atoms with Crippen molar-refractivity contribution in [1.29, 1.82) is 0 Å². The monoisotopic (exact) mass is 471 g/mol. The van der Waals surface area contributed by atoms with Gasteiger partial charge in [0.1, 0.15) is 0 Å². The van der Waals surface area contributed by atoms with Gasteiger partial charge in [0.2, 0.25) is 23.8 Å². The van der Waals surface area contributed by atoms with Crippen molar-refractivity contribution in [2.24, 2.45) is 0 Å². The number of halogens is 1. The van der Waals surface area contributed by atoms with E-state index in [1.54, 1.807) is 19.1 Å². The fraction of sp³-hybridized carbons (Fsp3) is 0.583. The number of nitrogens with zero attached hydrogens (tertiary/aromatic N) is 5. The number of amides is 1. The summed E-state index contributed by atoms with van der Waals surface area (Å²) in [5.74, 6) is 1.12. The molecule has 34 heavy (non-hydrogen) atoms. The van der Waals surface area contributed by atoms with Gasteiger partial charge in [-0.1, -0.05) is 19.3 Å². The zero-order valence-corrected chi connectivity index (χ0v) is 20.2. The second-order valence-corrected chi connectivity index (χ2v) is 9.05. The second-order valence-electron chi connectivity index (χ2n) is 9.05. The molecule has 1 saturated heterocycles. The highest BCUT2D eigenvalue weighted by atomic mass is 19.1. The molecule has 1 amide bonds. The average Bonchev–Trinajstić information content (AvgIpc) is 3.32. The van der Waals surface area contributed by atoms with Crippen molar-refractivity contribution in [1.82, 2.24) is 19.9 Å². The van der Waals surface area contributed by atoms with Crippen LogP contribution in [0.2, 0.25) is 0 Å². The van der Waals surface area contributed by atoms with Crippen molar-refractivity contribution < 1.29 is 13.9 Å². The van der Waals surface area contributed by atoms with Gasteiger partial charge in [-0.05, 0) is 37.8 Å². The maximum absolute atomic E-state index is 14.2. The minimum atomic E-state index is -0.468. The van der Waals surface area contributed by atoms with E-state index in [2.05, 4.69) is 30.5 Å². The Balaban J connectivity index is 1.56. The Morgan fingerprint density at radius 3 is 2.62 bits per heavy atom. The number of hydrogen-bond acceptors (Lipinski definition) is 8. The summed E-state index contributed by atoms with van der Waals surface area (Å²) in [6.45, 7) is 2.95. The third kappa shape index (κ3) is 5.66. The van der Waals surface area contributed by atoms with Gasteiger partial charge in [-0.25, -0.2) is 4.39 Å². The Labute approximate surface area is 200 Å². The number of likely N-dealkylation sites (tertiary alicyclic amines) is 1. The van der Waals surface area contributed by atoms with E-state index in [-0.39, 0.29) is 17.7 Å². The number of hydrogen-bond donors (Lipinski definition) is 2. The summed E-state index contributed by atoms with van der Waals surface area (Å²) in [5, 5.41) is 6.41. The van der Waals surface area contributed by atoms with Crippen LogP contribution in [0.15, 0.2) is 18.2 Å². The van der Waals surface area contributed by atoms with Crippen molar-refractivity contribution in [3.63, 3.8) is 0 Å². The second kappa shape index (κ2) is 10.8. The lowest BCUT2D eigenvalue weighted by Gasteiger charge is -2.31. The van der Waals surface area contributed by atoms with E-state index in [9.17, 15) is 9.18 Å². The summed E-state index contributed by atoms with van der Waals surface area (Å²) >= 11 is 0. The van der Waals surface area contributed by atoms with E-state index in [1.807, 2.05) is 11.9 Å². The molecular weight excluding hydrogens is 437 g/mol. The Morgan fingerprint density at radius 2 is 1.91 bits per heavy atom. The van der Waals surface area contributed by atoms with Crippen LogP contribution in [-0.2, 0) is 4.79 Å². The lowest BCUT2D eigenvalue weighted by molar-refractivity contribution is -0.129. The minimum Gasteiger partial charge on any atom is -0.494 e. The summed E-state index contributed by atoms with van der Waals surface area (Å²) in [4.78, 5) is 29.8. The number of methoxy groups -OCH3 is 1. The van der Waals surface area contributed by atoms with Crippen molar-refractivity contribution >= 4 is 29.4 Å². The van der Waals surface area contributed by atoms with Gasteiger partial charge in [-0.3, -0.25) is 4.79 Å². The van der Waals surface area contributed by atoms with Crippen LogP contribution in [0.5, 0.6) is 5.75 Å². The Bertz CT molecular complexity index is 999. The number of aromatic nitrogens is 3. The molecular formula is C24H34FN7O2. The fourth-order valence-electron chi connectivity index (χ4n) is 4.83. The quantitative estimate of drug-likeness (QED) is 0.598. The molecule has 2 fully saturated rings. The highest BCUT2D eigenvalue weighted by Crippen LogP contribution is 2.27. The average molecular weight is 472 g/mol. The summed E-state index contributed by atoms with van der Waals surface area (Å²) in [6.07, 6.45) is 7.81. The highest BCUT2D eigenvalue weighted by Gasteiger charge is 2.27. The lowest BCUT2D eigenvalue weighted by Crippen LogP contribution is -2.38. The Kier molecular flexibility index (Phi) is 7.64. The minimum absolute atomic E-state index is 0.0848. The van der Waals surface area contributed by atoms with Gasteiger partial charge in [0.15, 0.2) is 11.6 Å². The summed E-state index contributed by atoms with van der Waals surface area (Å²) in [5.41, 5.74) is 0.514. The van der Waals surface area contributed by atoms with Crippen molar-refractivity contribution in [3.8, 4) is 5.75 Å². The lowest BCUT2D eigenvalue weighted by atomic mass is 9.95. The third-order valence-electron chi connectivity index (χ3n) is 6.75. The first-order valence-corrected chi connectivity index (χ1v) is 12.0. The first kappa shape index (κ1) is 24.0. The molecule has 0 spiro atoms. The molecule has 1 aliphatic carbocycles. The van der Waals surface area contributed by atoms with E-state index in [1.165, 1.54) is 32.4 Å². The number of rotatable bonds is 8. The van der Waals surface area contributed by atoms with Gasteiger partial charge in [0.25, 0.3) is 0 Å². The first-order valence-electron chi connectivity index (χ1n) is 12.0. The number of anilines is 4. The first-order chi connectivity index (χ1) is 16.4. The molecule has 1 aliphatic heterocycles. The van der Waals surface area contributed by atoms with Crippen molar-refractivity contribution in [2.75, 3.05) is 42.8 Å².